The first-order valence-electron chi connectivity index (χ1n) is 5.85. The molecule has 0 spiro atoms. The molecule has 2 nitrogen and oxygen atoms in total. The highest BCUT2D eigenvalue weighted by Gasteiger charge is 2.35. The SMILES string of the molecule is CC(C)C1=[N+](C(C)C)CCN1C(C)C. The summed E-state index contributed by atoms with van der Waals surface area (Å²) < 4.78 is 2.55. The molecule has 14 heavy (non-hydrogen) atoms. The second-order valence-electron chi connectivity index (χ2n) is 5.09. The lowest BCUT2D eigenvalue weighted by Crippen LogP contribution is -2.39. The zero-order chi connectivity index (χ0) is 10.9. The average Bonchev–Trinajstić information content (AvgIpc) is 2.46. The first kappa shape index (κ1) is 11.5. The van der Waals surface area contributed by atoms with Crippen LogP contribution in [0.5, 0.6) is 0 Å². The molecule has 0 amide bonds. The fourth-order valence-corrected chi connectivity index (χ4v) is 2.32. The summed E-state index contributed by atoms with van der Waals surface area (Å²) in [5, 5.41) is 0. The van der Waals surface area contributed by atoms with Gasteiger partial charge in [0.25, 0.3) is 0 Å². The number of amidine groups is 1. The van der Waals surface area contributed by atoms with Gasteiger partial charge in [0.05, 0.1) is 18.0 Å². The Balaban J connectivity index is 2.96. The lowest BCUT2D eigenvalue weighted by atomic mass is 10.1. The molecule has 0 saturated carbocycles. The Morgan fingerprint density at radius 3 is 2.00 bits per heavy atom. The maximum atomic E-state index is 2.55. The monoisotopic (exact) mass is 197 g/mol. The molecule has 0 radical (unpaired) electrons. The van der Waals surface area contributed by atoms with Crippen molar-refractivity contribution < 1.29 is 4.58 Å². The van der Waals surface area contributed by atoms with E-state index >= 15 is 0 Å². The van der Waals surface area contributed by atoms with E-state index in [1.807, 2.05) is 0 Å². The molecular formula is C12H25N2+. The van der Waals surface area contributed by atoms with Crippen LogP contribution in [-0.4, -0.2) is 40.5 Å². The first-order valence-corrected chi connectivity index (χ1v) is 5.85. The molecule has 0 N–H and O–H groups in total. The first-order chi connectivity index (χ1) is 6.45. The van der Waals surface area contributed by atoms with E-state index in [9.17, 15) is 0 Å². The molecule has 0 aromatic heterocycles. The van der Waals surface area contributed by atoms with E-state index in [0.29, 0.717) is 18.0 Å². The maximum absolute atomic E-state index is 2.55. The molecule has 1 rings (SSSR count). The molecule has 0 atom stereocenters. The van der Waals surface area contributed by atoms with Crippen molar-refractivity contribution in [3.63, 3.8) is 0 Å². The van der Waals surface area contributed by atoms with Gasteiger partial charge in [-0.25, -0.2) is 0 Å². The van der Waals surface area contributed by atoms with Crippen molar-refractivity contribution in [2.75, 3.05) is 13.1 Å². The minimum absolute atomic E-state index is 0.635. The number of nitrogens with zero attached hydrogens (tertiary/aromatic N) is 2. The minimum atomic E-state index is 0.635. The molecular weight excluding hydrogens is 172 g/mol. The average molecular weight is 197 g/mol. The third-order valence-electron chi connectivity index (χ3n) is 2.93. The van der Waals surface area contributed by atoms with Crippen LogP contribution in [0.4, 0.5) is 0 Å². The van der Waals surface area contributed by atoms with Gasteiger partial charge in [0.1, 0.15) is 13.1 Å². The number of rotatable bonds is 3. The summed E-state index contributed by atoms with van der Waals surface area (Å²) in [6.45, 7) is 16.1. The quantitative estimate of drug-likeness (QED) is 0.629. The van der Waals surface area contributed by atoms with Crippen molar-refractivity contribution in [2.45, 2.75) is 53.6 Å². The van der Waals surface area contributed by atoms with Crippen LogP contribution in [0.1, 0.15) is 41.5 Å². The van der Waals surface area contributed by atoms with E-state index in [-0.39, 0.29) is 0 Å². The molecule has 1 aliphatic heterocycles. The lowest BCUT2D eigenvalue weighted by Gasteiger charge is -2.20. The van der Waals surface area contributed by atoms with E-state index in [1.165, 1.54) is 18.9 Å². The number of hydrogen-bond donors (Lipinski definition) is 0. The summed E-state index contributed by atoms with van der Waals surface area (Å²) in [4.78, 5) is 2.55. The minimum Gasteiger partial charge on any atom is -0.259 e. The van der Waals surface area contributed by atoms with Crippen molar-refractivity contribution in [2.24, 2.45) is 5.92 Å². The normalized spacial score (nSPS) is 18.2. The highest BCUT2D eigenvalue weighted by atomic mass is 15.3. The zero-order valence-corrected chi connectivity index (χ0v) is 10.5. The van der Waals surface area contributed by atoms with Crippen LogP contribution in [-0.2, 0) is 0 Å². The molecule has 0 bridgehead atoms. The van der Waals surface area contributed by atoms with Gasteiger partial charge in [-0.2, -0.15) is 0 Å². The molecule has 0 fully saturated rings. The van der Waals surface area contributed by atoms with Crippen molar-refractivity contribution in [3.8, 4) is 0 Å². The molecule has 2 heteroatoms. The van der Waals surface area contributed by atoms with E-state index in [2.05, 4.69) is 51.0 Å². The summed E-state index contributed by atoms with van der Waals surface area (Å²) in [6.07, 6.45) is 0. The molecule has 0 aromatic rings. The molecule has 0 aromatic carbocycles. The third-order valence-corrected chi connectivity index (χ3v) is 2.93. The van der Waals surface area contributed by atoms with E-state index < -0.39 is 0 Å². The van der Waals surface area contributed by atoms with E-state index in [1.54, 1.807) is 0 Å². The van der Waals surface area contributed by atoms with Crippen LogP contribution in [0, 0.1) is 5.92 Å². The van der Waals surface area contributed by atoms with Gasteiger partial charge in [-0.05, 0) is 27.7 Å². The van der Waals surface area contributed by atoms with Crippen LogP contribution < -0.4 is 0 Å². The smallest absolute Gasteiger partial charge is 0.250 e. The Bertz CT molecular complexity index is 226. The Morgan fingerprint density at radius 1 is 1.07 bits per heavy atom. The van der Waals surface area contributed by atoms with Crippen molar-refractivity contribution in [1.82, 2.24) is 4.90 Å². The summed E-state index contributed by atoms with van der Waals surface area (Å²) in [5.74, 6) is 2.18. The Labute approximate surface area is 88.6 Å². The van der Waals surface area contributed by atoms with Crippen molar-refractivity contribution >= 4 is 5.84 Å². The van der Waals surface area contributed by atoms with E-state index in [4.69, 9.17) is 0 Å². The molecule has 0 saturated heterocycles. The highest BCUT2D eigenvalue weighted by Crippen LogP contribution is 2.15. The lowest BCUT2D eigenvalue weighted by molar-refractivity contribution is -0.551. The third kappa shape index (κ3) is 2.10. The largest absolute Gasteiger partial charge is 0.259 e. The summed E-state index contributed by atoms with van der Waals surface area (Å²) in [6, 6.07) is 1.27. The molecule has 0 unspecified atom stereocenters. The molecule has 0 aliphatic carbocycles. The van der Waals surface area contributed by atoms with Crippen molar-refractivity contribution in [3.05, 3.63) is 0 Å². The summed E-state index contributed by atoms with van der Waals surface area (Å²) >= 11 is 0. The predicted octanol–water partition coefficient (Wildman–Crippen LogP) is 2.19. The second kappa shape index (κ2) is 4.33. The van der Waals surface area contributed by atoms with Gasteiger partial charge in [-0.1, -0.05) is 13.8 Å². The highest BCUT2D eigenvalue weighted by molar-refractivity contribution is 5.80. The van der Waals surface area contributed by atoms with Crippen molar-refractivity contribution in [1.29, 1.82) is 0 Å². The van der Waals surface area contributed by atoms with Crippen LogP contribution in [0.15, 0.2) is 0 Å². The Hall–Kier alpha value is -0.530. The van der Waals surface area contributed by atoms with Gasteiger partial charge in [0, 0.05) is 0 Å². The van der Waals surface area contributed by atoms with Gasteiger partial charge in [0.2, 0.25) is 5.84 Å². The molecule has 82 valence electrons. The van der Waals surface area contributed by atoms with Crippen LogP contribution in [0.3, 0.4) is 0 Å². The zero-order valence-electron chi connectivity index (χ0n) is 10.5. The molecule has 1 heterocycles. The van der Waals surface area contributed by atoms with Gasteiger partial charge >= 0.3 is 0 Å². The Kier molecular flexibility index (Phi) is 3.57. The topological polar surface area (TPSA) is 6.25 Å². The Morgan fingerprint density at radius 2 is 1.64 bits per heavy atom. The van der Waals surface area contributed by atoms with Crippen LogP contribution in [0.25, 0.3) is 0 Å². The fourth-order valence-electron chi connectivity index (χ4n) is 2.32. The summed E-state index contributed by atoms with van der Waals surface area (Å²) in [5.41, 5.74) is 0. The van der Waals surface area contributed by atoms with E-state index in [0.717, 1.165) is 0 Å². The maximum Gasteiger partial charge on any atom is 0.250 e. The second-order valence-corrected chi connectivity index (χ2v) is 5.09. The number of hydrogen-bond acceptors (Lipinski definition) is 1. The van der Waals surface area contributed by atoms with Gasteiger partial charge in [-0.15, -0.1) is 0 Å². The fraction of sp³-hybridized carbons (Fsp3) is 0.917. The summed E-state index contributed by atoms with van der Waals surface area (Å²) in [7, 11) is 0. The van der Waals surface area contributed by atoms with Gasteiger partial charge in [-0.3, -0.25) is 9.48 Å². The molecule has 1 aliphatic rings. The van der Waals surface area contributed by atoms with Gasteiger partial charge in [0.15, 0.2) is 0 Å². The predicted molar refractivity (Wildman–Crippen MR) is 62.0 cm³/mol. The standard InChI is InChI=1S/C12H25N2/c1-9(2)12-13(10(3)4)7-8-14(12)11(5)6/h9-11H,7-8H2,1-6H3/q+1. The van der Waals surface area contributed by atoms with Crippen LogP contribution in [0.2, 0.25) is 0 Å². The van der Waals surface area contributed by atoms with Crippen LogP contribution >= 0.6 is 0 Å². The van der Waals surface area contributed by atoms with Gasteiger partial charge < -0.3 is 0 Å².